The van der Waals surface area contributed by atoms with E-state index in [1.54, 1.807) is 4.68 Å². The Morgan fingerprint density at radius 3 is 2.76 bits per heavy atom. The largest absolute Gasteiger partial charge is 0.329 e. The van der Waals surface area contributed by atoms with Gasteiger partial charge in [-0.25, -0.2) is 4.68 Å². The Balaban J connectivity index is 2.19. The Hall–Kier alpha value is -1.75. The van der Waals surface area contributed by atoms with Crippen molar-refractivity contribution < 1.29 is 0 Å². The molecule has 0 fully saturated rings. The molecular weight excluding hydrogens is 214 g/mol. The van der Waals surface area contributed by atoms with Crippen molar-refractivity contribution >= 4 is 0 Å². The smallest absolute Gasteiger partial charge is 0.155 e. The number of aryl methyl sites for hydroxylation is 2. The number of hydrogen-bond donors (Lipinski definition) is 1. The molecule has 0 aliphatic carbocycles. The minimum atomic E-state index is 0.547. The van der Waals surface area contributed by atoms with E-state index < -0.39 is 0 Å². The van der Waals surface area contributed by atoms with Gasteiger partial charge in [0.15, 0.2) is 5.82 Å². The molecule has 0 saturated carbocycles. The molecule has 2 rings (SSSR count). The average molecular weight is 231 g/mol. The second-order valence-electron chi connectivity index (χ2n) is 4.20. The molecule has 0 unspecified atom stereocenters. The number of hydrogen-bond acceptors (Lipinski definition) is 4. The first-order valence-corrected chi connectivity index (χ1v) is 5.72. The van der Waals surface area contributed by atoms with Crippen LogP contribution in [0.3, 0.4) is 0 Å². The highest BCUT2D eigenvalue weighted by Gasteiger charge is 2.06. The van der Waals surface area contributed by atoms with Crippen LogP contribution >= 0.6 is 0 Å². The fourth-order valence-corrected chi connectivity index (χ4v) is 1.74. The molecule has 1 aromatic heterocycles. The topological polar surface area (TPSA) is 69.6 Å². The first kappa shape index (κ1) is 11.7. The van der Waals surface area contributed by atoms with Crippen LogP contribution in [0, 0.1) is 13.8 Å². The molecule has 1 aromatic carbocycles. The number of nitrogens with zero attached hydrogens (tertiary/aromatic N) is 4. The zero-order valence-corrected chi connectivity index (χ0v) is 10.2. The van der Waals surface area contributed by atoms with Crippen LogP contribution in [0.1, 0.15) is 22.5 Å². The maximum Gasteiger partial charge on any atom is 0.155 e. The molecule has 17 heavy (non-hydrogen) atoms. The molecule has 2 aromatic rings. The molecule has 0 amide bonds. The molecule has 2 N–H and O–H groups in total. The van der Waals surface area contributed by atoms with Gasteiger partial charge in [0.05, 0.1) is 6.54 Å². The van der Waals surface area contributed by atoms with Gasteiger partial charge in [-0.1, -0.05) is 18.2 Å². The lowest BCUT2D eigenvalue weighted by molar-refractivity contribution is 0.578. The molecular formula is C12H17N5. The van der Waals surface area contributed by atoms with Gasteiger partial charge >= 0.3 is 0 Å². The summed E-state index contributed by atoms with van der Waals surface area (Å²) in [6.45, 7) is 5.43. The van der Waals surface area contributed by atoms with Crippen molar-refractivity contribution in [1.29, 1.82) is 0 Å². The highest BCUT2D eigenvalue weighted by atomic mass is 15.5. The summed E-state index contributed by atoms with van der Waals surface area (Å²) in [7, 11) is 0. The summed E-state index contributed by atoms with van der Waals surface area (Å²) in [5.74, 6) is 0.860. The Bertz CT molecular complexity index is 503. The van der Waals surface area contributed by atoms with Crippen LogP contribution in [0.15, 0.2) is 18.2 Å². The maximum atomic E-state index is 5.51. The Morgan fingerprint density at radius 2 is 2.06 bits per heavy atom. The molecule has 0 bridgehead atoms. The third kappa shape index (κ3) is 2.68. The second-order valence-corrected chi connectivity index (χ2v) is 4.20. The predicted octanol–water partition coefficient (Wildman–Crippen LogP) is 0.839. The van der Waals surface area contributed by atoms with Crippen molar-refractivity contribution in [2.45, 2.75) is 26.8 Å². The van der Waals surface area contributed by atoms with Gasteiger partial charge in [-0.15, -0.1) is 5.10 Å². The van der Waals surface area contributed by atoms with Gasteiger partial charge in [0.1, 0.15) is 0 Å². The number of benzene rings is 1. The van der Waals surface area contributed by atoms with Gasteiger partial charge in [0, 0.05) is 13.0 Å². The molecule has 0 aliphatic heterocycles. The van der Waals surface area contributed by atoms with Gasteiger partial charge in [-0.05, 0) is 41.0 Å². The molecule has 0 aliphatic rings. The highest BCUT2D eigenvalue weighted by molar-refractivity contribution is 5.31. The van der Waals surface area contributed by atoms with Gasteiger partial charge in [0.25, 0.3) is 0 Å². The first-order chi connectivity index (χ1) is 8.20. The summed E-state index contributed by atoms with van der Waals surface area (Å²) in [6, 6.07) is 6.42. The summed E-state index contributed by atoms with van der Waals surface area (Å²) in [5, 5.41) is 11.6. The Kier molecular flexibility index (Phi) is 3.49. The van der Waals surface area contributed by atoms with Crippen LogP contribution < -0.4 is 5.73 Å². The van der Waals surface area contributed by atoms with E-state index in [0.29, 0.717) is 13.1 Å². The van der Waals surface area contributed by atoms with Crippen molar-refractivity contribution in [3.8, 4) is 0 Å². The first-order valence-electron chi connectivity index (χ1n) is 5.72. The van der Waals surface area contributed by atoms with Crippen LogP contribution in [0.4, 0.5) is 0 Å². The SMILES string of the molecule is Cc1ccc(Cc2nnnn2CCN)cc1C. The quantitative estimate of drug-likeness (QED) is 0.846. The summed E-state index contributed by atoms with van der Waals surface area (Å²) in [6.07, 6.45) is 0.744. The predicted molar refractivity (Wildman–Crippen MR) is 65.6 cm³/mol. The molecule has 0 radical (unpaired) electrons. The van der Waals surface area contributed by atoms with Crippen molar-refractivity contribution in [3.05, 3.63) is 40.7 Å². The van der Waals surface area contributed by atoms with Crippen LogP contribution in [0.5, 0.6) is 0 Å². The second kappa shape index (κ2) is 5.05. The molecule has 0 atom stereocenters. The van der Waals surface area contributed by atoms with Crippen molar-refractivity contribution in [1.82, 2.24) is 20.2 Å². The van der Waals surface area contributed by atoms with E-state index in [2.05, 4.69) is 47.6 Å². The standard InChI is InChI=1S/C12H17N5/c1-9-3-4-11(7-10(9)2)8-12-14-15-16-17(12)6-5-13/h3-4,7H,5-6,8,13H2,1-2H3. The van der Waals surface area contributed by atoms with Crippen LogP contribution in [0.25, 0.3) is 0 Å². The molecule has 90 valence electrons. The molecule has 1 heterocycles. The third-order valence-electron chi connectivity index (χ3n) is 2.88. The summed E-state index contributed by atoms with van der Waals surface area (Å²) in [5.41, 5.74) is 9.33. The fraction of sp³-hybridized carbons (Fsp3) is 0.417. The van der Waals surface area contributed by atoms with E-state index in [1.165, 1.54) is 16.7 Å². The Morgan fingerprint density at radius 1 is 1.24 bits per heavy atom. The van der Waals surface area contributed by atoms with E-state index in [4.69, 9.17) is 5.73 Å². The summed E-state index contributed by atoms with van der Waals surface area (Å²) >= 11 is 0. The summed E-state index contributed by atoms with van der Waals surface area (Å²) < 4.78 is 1.76. The molecule has 5 nitrogen and oxygen atoms in total. The molecule has 0 saturated heterocycles. The minimum absolute atomic E-state index is 0.547. The van der Waals surface area contributed by atoms with Crippen molar-refractivity contribution in [2.75, 3.05) is 6.54 Å². The maximum absolute atomic E-state index is 5.51. The number of aromatic nitrogens is 4. The van der Waals surface area contributed by atoms with Gasteiger partial charge in [-0.2, -0.15) is 0 Å². The van der Waals surface area contributed by atoms with Gasteiger partial charge in [-0.3, -0.25) is 0 Å². The molecule has 0 spiro atoms. The van der Waals surface area contributed by atoms with Gasteiger partial charge < -0.3 is 5.73 Å². The number of rotatable bonds is 4. The monoisotopic (exact) mass is 231 g/mol. The minimum Gasteiger partial charge on any atom is -0.329 e. The van der Waals surface area contributed by atoms with E-state index in [9.17, 15) is 0 Å². The van der Waals surface area contributed by atoms with Crippen LogP contribution in [-0.2, 0) is 13.0 Å². The average Bonchev–Trinajstić information content (AvgIpc) is 2.72. The van der Waals surface area contributed by atoms with E-state index in [-0.39, 0.29) is 0 Å². The normalized spacial score (nSPS) is 10.8. The van der Waals surface area contributed by atoms with Crippen molar-refractivity contribution in [2.24, 2.45) is 5.73 Å². The Labute approximate surface area is 101 Å². The highest BCUT2D eigenvalue weighted by Crippen LogP contribution is 2.12. The van der Waals surface area contributed by atoms with Crippen molar-refractivity contribution in [3.63, 3.8) is 0 Å². The number of tetrazole rings is 1. The van der Waals surface area contributed by atoms with E-state index >= 15 is 0 Å². The zero-order valence-electron chi connectivity index (χ0n) is 10.2. The third-order valence-corrected chi connectivity index (χ3v) is 2.88. The van der Waals surface area contributed by atoms with Gasteiger partial charge in [0.2, 0.25) is 0 Å². The van der Waals surface area contributed by atoms with E-state index in [1.807, 2.05) is 0 Å². The molecule has 5 heteroatoms. The lowest BCUT2D eigenvalue weighted by Crippen LogP contribution is -2.14. The zero-order chi connectivity index (χ0) is 12.3. The van der Waals surface area contributed by atoms with Crippen LogP contribution in [0.2, 0.25) is 0 Å². The summed E-state index contributed by atoms with van der Waals surface area (Å²) in [4.78, 5) is 0. The fourth-order valence-electron chi connectivity index (χ4n) is 1.74. The number of nitrogens with two attached hydrogens (primary N) is 1. The van der Waals surface area contributed by atoms with Crippen LogP contribution in [-0.4, -0.2) is 26.8 Å². The lowest BCUT2D eigenvalue weighted by Gasteiger charge is -2.05. The van der Waals surface area contributed by atoms with E-state index in [0.717, 1.165) is 12.2 Å². The lowest BCUT2D eigenvalue weighted by atomic mass is 10.0.